The van der Waals surface area contributed by atoms with E-state index in [0.29, 0.717) is 21.9 Å². The minimum absolute atomic E-state index is 0.0487. The van der Waals surface area contributed by atoms with E-state index in [0.717, 1.165) is 56.9 Å². The molecule has 0 aliphatic heterocycles. The highest BCUT2D eigenvalue weighted by atomic mass is 35.5. The second-order valence-corrected chi connectivity index (χ2v) is 10.1. The molecule has 0 bridgehead atoms. The molecule has 1 N–H and O–H groups in total. The van der Waals surface area contributed by atoms with Gasteiger partial charge in [-0.2, -0.15) is 0 Å². The number of fused-ring (bicyclic) bond motifs is 1. The normalized spacial score (nSPS) is 19.0. The van der Waals surface area contributed by atoms with Gasteiger partial charge in [-0.25, -0.2) is 9.37 Å². The zero-order chi connectivity index (χ0) is 22.8. The Labute approximate surface area is 199 Å². The number of hydrogen-bond donors (Lipinski definition) is 1. The van der Waals surface area contributed by atoms with Crippen LogP contribution in [0.3, 0.4) is 0 Å². The maximum Gasteiger partial charge on any atom is 0.243 e. The van der Waals surface area contributed by atoms with Crippen molar-refractivity contribution in [3.05, 3.63) is 53.3 Å². The van der Waals surface area contributed by atoms with Crippen molar-refractivity contribution in [2.24, 2.45) is 5.92 Å². The smallest absolute Gasteiger partial charge is 0.243 e. The third-order valence-electron chi connectivity index (χ3n) is 7.35. The average molecular weight is 468 g/mol. The van der Waals surface area contributed by atoms with Crippen LogP contribution < -0.4 is 5.32 Å². The number of amides is 1. The van der Waals surface area contributed by atoms with Crippen LogP contribution in [-0.4, -0.2) is 21.5 Å². The summed E-state index contributed by atoms with van der Waals surface area (Å²) in [4.78, 5) is 18.8. The van der Waals surface area contributed by atoms with Crippen LogP contribution in [0.1, 0.15) is 70.3 Å². The lowest BCUT2D eigenvalue weighted by molar-refractivity contribution is -0.127. The van der Waals surface area contributed by atoms with Gasteiger partial charge in [0, 0.05) is 16.6 Å². The molecular formula is C27H31ClFN3O. The number of carbonyl (C=O) groups is 1. The van der Waals surface area contributed by atoms with Gasteiger partial charge in [0.25, 0.3) is 0 Å². The van der Waals surface area contributed by atoms with Crippen LogP contribution in [0.4, 0.5) is 4.39 Å². The number of carbonyl (C=O) groups excluding carboxylic acids is 1. The van der Waals surface area contributed by atoms with Crippen molar-refractivity contribution in [1.82, 2.24) is 14.9 Å². The summed E-state index contributed by atoms with van der Waals surface area (Å²) >= 11 is 6.14. The summed E-state index contributed by atoms with van der Waals surface area (Å²) in [6, 6.07) is 12.0. The quantitative estimate of drug-likeness (QED) is 0.436. The predicted molar refractivity (Wildman–Crippen MR) is 131 cm³/mol. The number of rotatable bonds is 5. The van der Waals surface area contributed by atoms with E-state index in [9.17, 15) is 9.18 Å². The van der Waals surface area contributed by atoms with Crippen molar-refractivity contribution in [3.8, 4) is 11.4 Å². The average Bonchev–Trinajstić information content (AvgIpc) is 3.19. The maximum atomic E-state index is 14.4. The molecule has 2 fully saturated rings. The van der Waals surface area contributed by atoms with Crippen molar-refractivity contribution >= 4 is 28.5 Å². The summed E-state index contributed by atoms with van der Waals surface area (Å²) < 4.78 is 16.4. The molecule has 0 saturated heterocycles. The molecule has 2 aliphatic carbocycles. The van der Waals surface area contributed by atoms with Gasteiger partial charge >= 0.3 is 0 Å². The van der Waals surface area contributed by atoms with E-state index in [1.165, 1.54) is 25.0 Å². The highest BCUT2D eigenvalue weighted by Crippen LogP contribution is 2.39. The van der Waals surface area contributed by atoms with Gasteiger partial charge in [0.05, 0.1) is 11.0 Å². The lowest BCUT2D eigenvalue weighted by Crippen LogP contribution is -2.43. The topological polar surface area (TPSA) is 46.9 Å². The van der Waals surface area contributed by atoms with E-state index in [2.05, 4.69) is 5.32 Å². The van der Waals surface area contributed by atoms with Gasteiger partial charge in [-0.3, -0.25) is 4.79 Å². The molecular weight excluding hydrogens is 437 g/mol. The fourth-order valence-corrected chi connectivity index (χ4v) is 5.80. The Kier molecular flexibility index (Phi) is 6.68. The van der Waals surface area contributed by atoms with Crippen LogP contribution in [0.15, 0.2) is 42.5 Å². The largest absolute Gasteiger partial charge is 0.352 e. The van der Waals surface area contributed by atoms with Gasteiger partial charge < -0.3 is 9.88 Å². The number of benzene rings is 2. The minimum Gasteiger partial charge on any atom is -0.352 e. The molecule has 5 rings (SSSR count). The number of aromatic nitrogens is 2. The molecule has 2 aliphatic rings. The van der Waals surface area contributed by atoms with E-state index in [4.69, 9.17) is 16.6 Å². The van der Waals surface area contributed by atoms with Crippen molar-refractivity contribution in [1.29, 1.82) is 0 Å². The summed E-state index contributed by atoms with van der Waals surface area (Å²) in [5, 5.41) is 4.01. The number of nitrogens with one attached hydrogen (secondary N) is 1. The Morgan fingerprint density at radius 1 is 0.970 bits per heavy atom. The van der Waals surface area contributed by atoms with Crippen molar-refractivity contribution in [2.75, 3.05) is 0 Å². The lowest BCUT2D eigenvalue weighted by Gasteiger charge is -2.33. The summed E-state index contributed by atoms with van der Waals surface area (Å²) in [5.74, 6) is 0.629. The third kappa shape index (κ3) is 4.79. The van der Waals surface area contributed by atoms with Gasteiger partial charge in [-0.15, -0.1) is 0 Å². The molecule has 6 heteroatoms. The molecule has 3 aromatic rings. The number of imidazole rings is 1. The minimum atomic E-state index is -0.412. The van der Waals surface area contributed by atoms with Gasteiger partial charge in [0.2, 0.25) is 5.91 Å². The summed E-state index contributed by atoms with van der Waals surface area (Å²) in [6.45, 7) is 0. The third-order valence-corrected chi connectivity index (χ3v) is 7.60. The van der Waals surface area contributed by atoms with Crippen molar-refractivity contribution in [2.45, 2.75) is 76.3 Å². The van der Waals surface area contributed by atoms with Crippen molar-refractivity contribution in [3.63, 3.8) is 0 Å². The second-order valence-electron chi connectivity index (χ2n) is 9.63. The van der Waals surface area contributed by atoms with Crippen LogP contribution in [0.5, 0.6) is 0 Å². The van der Waals surface area contributed by atoms with Gasteiger partial charge in [-0.1, -0.05) is 50.1 Å². The molecule has 2 saturated carbocycles. The molecule has 4 nitrogen and oxygen atoms in total. The molecule has 1 amide bonds. The van der Waals surface area contributed by atoms with Crippen molar-refractivity contribution < 1.29 is 9.18 Å². The zero-order valence-electron chi connectivity index (χ0n) is 18.9. The van der Waals surface area contributed by atoms with Crippen LogP contribution in [0.25, 0.3) is 22.4 Å². The van der Waals surface area contributed by atoms with Crippen LogP contribution in [0, 0.1) is 11.7 Å². The Hall–Kier alpha value is -2.40. The Bertz CT molecular complexity index is 1110. The van der Waals surface area contributed by atoms with Gasteiger partial charge in [0.15, 0.2) is 0 Å². The van der Waals surface area contributed by atoms with E-state index in [-0.39, 0.29) is 23.7 Å². The molecule has 1 atom stereocenters. The number of halogens is 2. The molecule has 1 aromatic heterocycles. The fourth-order valence-electron chi connectivity index (χ4n) is 5.68. The summed E-state index contributed by atoms with van der Waals surface area (Å²) in [7, 11) is 0. The van der Waals surface area contributed by atoms with E-state index in [1.54, 1.807) is 6.07 Å². The standard InChI is InChI=1S/C27H31ClFN3O/c28-20-13-11-19(12-14-20)26-31-23-16-15-21(29)17-24(23)32(26)25(18-7-3-1-4-8-18)27(33)30-22-9-5-2-6-10-22/h11-18,22,25H,1-10H2,(H,30,33). The zero-order valence-corrected chi connectivity index (χ0v) is 19.7. The predicted octanol–water partition coefficient (Wildman–Crippen LogP) is 7.07. The number of hydrogen-bond acceptors (Lipinski definition) is 2. The molecule has 33 heavy (non-hydrogen) atoms. The molecule has 0 radical (unpaired) electrons. The molecule has 2 aromatic carbocycles. The highest BCUT2D eigenvalue weighted by molar-refractivity contribution is 6.30. The van der Waals surface area contributed by atoms with Gasteiger partial charge in [-0.05, 0) is 74.1 Å². The van der Waals surface area contributed by atoms with Crippen LogP contribution in [0.2, 0.25) is 5.02 Å². The summed E-state index contributed by atoms with van der Waals surface area (Å²) in [5.41, 5.74) is 2.25. The van der Waals surface area contributed by atoms with E-state index < -0.39 is 6.04 Å². The monoisotopic (exact) mass is 467 g/mol. The highest BCUT2D eigenvalue weighted by Gasteiger charge is 2.35. The van der Waals surface area contributed by atoms with E-state index >= 15 is 0 Å². The molecule has 0 spiro atoms. The first-order chi connectivity index (χ1) is 16.1. The van der Waals surface area contributed by atoms with E-state index in [1.807, 2.05) is 28.8 Å². The lowest BCUT2D eigenvalue weighted by atomic mass is 9.82. The Morgan fingerprint density at radius 2 is 1.64 bits per heavy atom. The van der Waals surface area contributed by atoms with Crippen LogP contribution in [-0.2, 0) is 4.79 Å². The first-order valence-electron chi connectivity index (χ1n) is 12.3. The molecule has 174 valence electrons. The maximum absolute atomic E-state index is 14.4. The summed E-state index contributed by atoms with van der Waals surface area (Å²) in [6.07, 6.45) is 11.1. The van der Waals surface area contributed by atoms with Crippen LogP contribution >= 0.6 is 11.6 Å². The number of nitrogens with zero attached hydrogens (tertiary/aromatic N) is 2. The second kappa shape index (κ2) is 9.84. The Balaban J connectivity index is 1.63. The van der Waals surface area contributed by atoms with Gasteiger partial charge in [0.1, 0.15) is 17.7 Å². The molecule has 1 heterocycles. The molecule has 1 unspecified atom stereocenters. The first kappa shape index (κ1) is 22.4. The fraction of sp³-hybridized carbons (Fsp3) is 0.481. The SMILES string of the molecule is O=C(NC1CCCCC1)C(C1CCCCC1)n1c(-c2ccc(Cl)cc2)nc2ccc(F)cc21. The first-order valence-corrected chi connectivity index (χ1v) is 12.7. The Morgan fingerprint density at radius 3 is 2.33 bits per heavy atom.